The van der Waals surface area contributed by atoms with E-state index >= 15 is 0 Å². The van der Waals surface area contributed by atoms with Gasteiger partial charge < -0.3 is 0 Å². The molecule has 0 fully saturated rings. The fraction of sp³-hybridized carbons (Fsp3) is 0.545. The Bertz CT molecular complexity index is 349. The maximum Gasteiger partial charge on any atom is 0.418 e. The van der Waals surface area contributed by atoms with Gasteiger partial charge in [0.25, 0.3) is 0 Å². The summed E-state index contributed by atoms with van der Waals surface area (Å²) in [7, 11) is 0. The molecule has 0 aliphatic carbocycles. The summed E-state index contributed by atoms with van der Waals surface area (Å²) in [5.41, 5.74) is -0.505. The summed E-state index contributed by atoms with van der Waals surface area (Å²) in [6, 6.07) is 2.40. The van der Waals surface area contributed by atoms with Crippen LogP contribution in [0.1, 0.15) is 37.4 Å². The van der Waals surface area contributed by atoms with E-state index in [2.05, 4.69) is 20.9 Å². The topological polar surface area (TPSA) is 12.9 Å². The fourth-order valence-electron chi connectivity index (χ4n) is 1.69. The highest BCUT2D eigenvalue weighted by atomic mass is 79.9. The van der Waals surface area contributed by atoms with Crippen LogP contribution < -0.4 is 0 Å². The summed E-state index contributed by atoms with van der Waals surface area (Å²) in [5.74, 6) is -0.224. The molecule has 0 saturated carbocycles. The second-order valence-corrected chi connectivity index (χ2v) is 5.07. The number of pyridine rings is 1. The highest BCUT2D eigenvalue weighted by Gasteiger charge is 2.36. The molecule has 0 bridgehead atoms. The third kappa shape index (κ3) is 2.97. The Morgan fingerprint density at radius 2 is 2.06 bits per heavy atom. The van der Waals surface area contributed by atoms with Gasteiger partial charge in [0.15, 0.2) is 0 Å². The van der Waals surface area contributed by atoms with Gasteiger partial charge in [-0.2, -0.15) is 13.2 Å². The van der Waals surface area contributed by atoms with Crippen molar-refractivity contribution in [3.63, 3.8) is 0 Å². The summed E-state index contributed by atoms with van der Waals surface area (Å²) in [5, 5.41) is 0. The molecule has 0 N–H and O–H groups in total. The minimum absolute atomic E-state index is 0.0338. The van der Waals surface area contributed by atoms with Gasteiger partial charge in [0.05, 0.1) is 11.3 Å². The average Bonchev–Trinajstić information content (AvgIpc) is 2.17. The molecule has 0 radical (unpaired) electrons. The van der Waals surface area contributed by atoms with E-state index in [9.17, 15) is 13.2 Å². The molecule has 0 saturated heterocycles. The van der Waals surface area contributed by atoms with Crippen molar-refractivity contribution in [3.05, 3.63) is 29.6 Å². The summed E-state index contributed by atoms with van der Waals surface area (Å²) in [6.45, 7) is 3.69. The molecule has 16 heavy (non-hydrogen) atoms. The van der Waals surface area contributed by atoms with Crippen molar-refractivity contribution in [1.82, 2.24) is 4.98 Å². The summed E-state index contributed by atoms with van der Waals surface area (Å²) < 4.78 is 38.3. The van der Waals surface area contributed by atoms with Crippen LogP contribution in [0.3, 0.4) is 0 Å². The number of rotatable bonds is 3. The number of alkyl halides is 4. The lowest BCUT2D eigenvalue weighted by Gasteiger charge is -2.21. The van der Waals surface area contributed by atoms with Crippen molar-refractivity contribution < 1.29 is 13.2 Å². The van der Waals surface area contributed by atoms with Crippen LogP contribution >= 0.6 is 15.9 Å². The van der Waals surface area contributed by atoms with Gasteiger partial charge in [-0.05, 0) is 18.6 Å². The predicted octanol–water partition coefficient (Wildman–Crippen LogP) is 4.38. The molecule has 0 aliphatic rings. The van der Waals surface area contributed by atoms with Crippen molar-refractivity contribution in [2.75, 3.05) is 0 Å². The van der Waals surface area contributed by atoms with Crippen LogP contribution in [0.5, 0.6) is 0 Å². The first kappa shape index (κ1) is 13.5. The minimum Gasteiger partial charge on any atom is -0.260 e. The van der Waals surface area contributed by atoms with Gasteiger partial charge in [-0.15, -0.1) is 0 Å². The molecule has 0 aromatic carbocycles. The molecule has 1 aromatic rings. The average molecular weight is 296 g/mol. The zero-order valence-electron chi connectivity index (χ0n) is 9.05. The summed E-state index contributed by atoms with van der Waals surface area (Å²) >= 11 is 3.33. The van der Waals surface area contributed by atoms with Crippen molar-refractivity contribution in [1.29, 1.82) is 0 Å². The SMILES string of the molecule is CCC(c1ncccc1C(F)(F)F)C(C)Br. The van der Waals surface area contributed by atoms with E-state index in [1.165, 1.54) is 12.3 Å². The number of hydrogen-bond donors (Lipinski definition) is 0. The van der Waals surface area contributed by atoms with Crippen molar-refractivity contribution >= 4 is 15.9 Å². The van der Waals surface area contributed by atoms with Crippen molar-refractivity contribution in [2.24, 2.45) is 0 Å². The van der Waals surface area contributed by atoms with Gasteiger partial charge in [0, 0.05) is 16.9 Å². The van der Waals surface area contributed by atoms with E-state index in [1.807, 2.05) is 13.8 Å². The van der Waals surface area contributed by atoms with Crippen LogP contribution in [0.2, 0.25) is 0 Å². The van der Waals surface area contributed by atoms with E-state index in [0.717, 1.165) is 6.07 Å². The Morgan fingerprint density at radius 1 is 1.44 bits per heavy atom. The molecule has 5 heteroatoms. The molecular weight excluding hydrogens is 283 g/mol. The number of hydrogen-bond acceptors (Lipinski definition) is 1. The van der Waals surface area contributed by atoms with Gasteiger partial charge in [0.1, 0.15) is 0 Å². The standard InChI is InChI=1S/C11H13BrF3N/c1-3-8(7(2)12)10-9(11(13,14)15)5-4-6-16-10/h4-8H,3H2,1-2H3. The largest absolute Gasteiger partial charge is 0.418 e. The highest BCUT2D eigenvalue weighted by molar-refractivity contribution is 9.09. The van der Waals surface area contributed by atoms with Crippen LogP contribution in [0, 0.1) is 0 Å². The Morgan fingerprint density at radius 3 is 2.50 bits per heavy atom. The van der Waals surface area contributed by atoms with Gasteiger partial charge in [-0.1, -0.05) is 29.8 Å². The molecule has 2 unspecified atom stereocenters. The normalized spacial score (nSPS) is 15.9. The highest BCUT2D eigenvalue weighted by Crippen LogP contribution is 2.37. The molecule has 1 nitrogen and oxygen atoms in total. The summed E-state index contributed by atoms with van der Waals surface area (Å²) in [4.78, 5) is 3.85. The van der Waals surface area contributed by atoms with Crippen LogP contribution in [-0.4, -0.2) is 9.81 Å². The molecular formula is C11H13BrF3N. The van der Waals surface area contributed by atoms with Crippen molar-refractivity contribution in [2.45, 2.75) is 37.2 Å². The number of nitrogens with zero attached hydrogens (tertiary/aromatic N) is 1. The Hall–Kier alpha value is -0.580. The van der Waals surface area contributed by atoms with Gasteiger partial charge >= 0.3 is 6.18 Å². The zero-order chi connectivity index (χ0) is 12.3. The first-order valence-electron chi connectivity index (χ1n) is 5.04. The minimum atomic E-state index is -4.33. The Kier molecular flexibility index (Phi) is 4.35. The van der Waals surface area contributed by atoms with E-state index in [1.54, 1.807) is 0 Å². The monoisotopic (exact) mass is 295 g/mol. The fourth-order valence-corrected chi connectivity index (χ4v) is 2.31. The third-order valence-electron chi connectivity index (χ3n) is 2.49. The molecule has 2 atom stereocenters. The third-order valence-corrected chi connectivity index (χ3v) is 3.13. The molecule has 1 aromatic heterocycles. The maximum atomic E-state index is 12.8. The van der Waals surface area contributed by atoms with Crippen LogP contribution in [0.15, 0.2) is 18.3 Å². The van der Waals surface area contributed by atoms with Crippen LogP contribution in [0.25, 0.3) is 0 Å². The lowest BCUT2D eigenvalue weighted by atomic mass is 9.94. The summed E-state index contributed by atoms with van der Waals surface area (Å²) in [6.07, 6.45) is -2.31. The van der Waals surface area contributed by atoms with Gasteiger partial charge in [0.2, 0.25) is 0 Å². The van der Waals surface area contributed by atoms with Gasteiger partial charge in [-0.25, -0.2) is 0 Å². The maximum absolute atomic E-state index is 12.8. The van der Waals surface area contributed by atoms with Crippen LogP contribution in [0.4, 0.5) is 13.2 Å². The first-order chi connectivity index (χ1) is 7.38. The quantitative estimate of drug-likeness (QED) is 0.754. The molecule has 0 spiro atoms. The molecule has 90 valence electrons. The first-order valence-corrected chi connectivity index (χ1v) is 5.95. The number of aromatic nitrogens is 1. The van der Waals surface area contributed by atoms with Crippen molar-refractivity contribution in [3.8, 4) is 0 Å². The predicted molar refractivity (Wildman–Crippen MR) is 60.7 cm³/mol. The van der Waals surface area contributed by atoms with E-state index < -0.39 is 11.7 Å². The lowest BCUT2D eigenvalue weighted by molar-refractivity contribution is -0.138. The van der Waals surface area contributed by atoms with E-state index in [-0.39, 0.29) is 16.4 Å². The van der Waals surface area contributed by atoms with Gasteiger partial charge in [-0.3, -0.25) is 4.98 Å². The number of halogens is 4. The van der Waals surface area contributed by atoms with E-state index in [0.29, 0.717) is 6.42 Å². The zero-order valence-corrected chi connectivity index (χ0v) is 10.6. The molecule has 0 amide bonds. The smallest absolute Gasteiger partial charge is 0.260 e. The molecule has 1 rings (SSSR count). The van der Waals surface area contributed by atoms with Crippen LogP contribution in [-0.2, 0) is 6.18 Å². The van der Waals surface area contributed by atoms with E-state index in [4.69, 9.17) is 0 Å². The Labute approximate surface area is 101 Å². The second-order valence-electron chi connectivity index (χ2n) is 3.63. The Balaban J connectivity index is 3.22. The lowest BCUT2D eigenvalue weighted by Crippen LogP contribution is -2.17. The second kappa shape index (κ2) is 5.17. The molecule has 1 heterocycles. The molecule has 0 aliphatic heterocycles.